The Balaban J connectivity index is 1.54. The standard InChI is InChI=1S/C31H38N6O7/c1-5-42-30(41)44-36-18-16-35(17-19-36)29(40)24(12-13-27(38)43-31(2,3)4)34-28(39)26-21-23(37-15-9-14-32-37)20-25(33-26)22-10-7-6-8-11-22/h6-11,14-15,20-21,24H,5,12-13,16-19H2,1-4H3,(H,34,39)/t24-/m0/s1. The van der Waals surface area contributed by atoms with Crippen molar-refractivity contribution in [1.29, 1.82) is 0 Å². The molecule has 0 unspecified atom stereocenters. The minimum absolute atomic E-state index is 0.0173. The molecule has 2 amide bonds. The Morgan fingerprint density at radius 1 is 1.00 bits per heavy atom. The number of hydroxylamine groups is 2. The molecule has 1 atom stereocenters. The van der Waals surface area contributed by atoms with Crippen LogP contribution in [-0.2, 0) is 23.9 Å². The van der Waals surface area contributed by atoms with Gasteiger partial charge in [-0.15, -0.1) is 5.06 Å². The van der Waals surface area contributed by atoms with Crippen LogP contribution in [0.1, 0.15) is 51.0 Å². The van der Waals surface area contributed by atoms with Crippen molar-refractivity contribution in [3.05, 3.63) is 66.6 Å². The fourth-order valence-corrected chi connectivity index (χ4v) is 4.56. The van der Waals surface area contributed by atoms with E-state index in [0.29, 0.717) is 11.4 Å². The molecule has 0 radical (unpaired) electrons. The maximum Gasteiger partial charge on any atom is 0.527 e. The highest BCUT2D eigenvalue weighted by Gasteiger charge is 2.31. The fraction of sp³-hybridized carbons (Fsp3) is 0.419. The number of pyridine rings is 1. The Morgan fingerprint density at radius 3 is 2.36 bits per heavy atom. The van der Waals surface area contributed by atoms with Gasteiger partial charge in [0.25, 0.3) is 5.91 Å². The van der Waals surface area contributed by atoms with Crippen molar-refractivity contribution >= 4 is 23.9 Å². The van der Waals surface area contributed by atoms with Crippen LogP contribution in [0.5, 0.6) is 0 Å². The molecule has 0 saturated carbocycles. The largest absolute Gasteiger partial charge is 0.527 e. The number of hydrogen-bond donors (Lipinski definition) is 1. The molecule has 4 rings (SSSR count). The van der Waals surface area contributed by atoms with E-state index < -0.39 is 29.7 Å². The molecule has 1 aliphatic rings. The van der Waals surface area contributed by atoms with Crippen LogP contribution in [-0.4, -0.2) is 93.1 Å². The zero-order chi connectivity index (χ0) is 31.7. The van der Waals surface area contributed by atoms with E-state index in [9.17, 15) is 19.2 Å². The van der Waals surface area contributed by atoms with Gasteiger partial charge in [-0.3, -0.25) is 14.4 Å². The molecule has 13 heteroatoms. The second-order valence-electron chi connectivity index (χ2n) is 11.1. The fourth-order valence-electron chi connectivity index (χ4n) is 4.56. The molecule has 0 aliphatic carbocycles. The molecule has 13 nitrogen and oxygen atoms in total. The molecule has 0 bridgehead atoms. The number of rotatable bonds is 10. The van der Waals surface area contributed by atoms with Gasteiger partial charge in [0.15, 0.2) is 0 Å². The molecule has 1 aromatic carbocycles. The molecule has 234 valence electrons. The van der Waals surface area contributed by atoms with Crippen molar-refractivity contribution in [2.75, 3.05) is 32.8 Å². The number of amides is 2. The topological polar surface area (TPSA) is 145 Å². The monoisotopic (exact) mass is 606 g/mol. The van der Waals surface area contributed by atoms with Gasteiger partial charge in [0.2, 0.25) is 5.91 Å². The molecule has 3 heterocycles. The van der Waals surface area contributed by atoms with Crippen molar-refractivity contribution in [3.8, 4) is 16.9 Å². The molecule has 3 aromatic rings. The van der Waals surface area contributed by atoms with Gasteiger partial charge in [0, 0.05) is 37.5 Å². The zero-order valence-electron chi connectivity index (χ0n) is 25.4. The summed E-state index contributed by atoms with van der Waals surface area (Å²) in [5.41, 5.74) is 1.36. The second-order valence-corrected chi connectivity index (χ2v) is 11.1. The predicted octanol–water partition coefficient (Wildman–Crippen LogP) is 3.39. The van der Waals surface area contributed by atoms with Crippen molar-refractivity contribution < 1.29 is 33.5 Å². The molecule has 44 heavy (non-hydrogen) atoms. The van der Waals surface area contributed by atoms with Gasteiger partial charge >= 0.3 is 12.1 Å². The summed E-state index contributed by atoms with van der Waals surface area (Å²) < 4.78 is 11.9. The molecule has 1 aliphatic heterocycles. The summed E-state index contributed by atoms with van der Waals surface area (Å²) in [6.07, 6.45) is 2.50. The first-order valence-electron chi connectivity index (χ1n) is 14.5. The van der Waals surface area contributed by atoms with E-state index in [1.165, 1.54) is 5.06 Å². The first-order chi connectivity index (χ1) is 21.0. The average molecular weight is 607 g/mol. The minimum atomic E-state index is -1.04. The zero-order valence-corrected chi connectivity index (χ0v) is 25.4. The number of esters is 1. The third-order valence-corrected chi connectivity index (χ3v) is 6.56. The number of carbonyl (C=O) groups is 4. The molecule has 2 aromatic heterocycles. The smallest absolute Gasteiger partial charge is 0.460 e. The first-order valence-corrected chi connectivity index (χ1v) is 14.5. The number of nitrogens with zero attached hydrogens (tertiary/aromatic N) is 5. The summed E-state index contributed by atoms with van der Waals surface area (Å²) in [7, 11) is 0. The SMILES string of the molecule is CCOC(=O)ON1CCN(C(=O)[C@H](CCC(=O)OC(C)(C)C)NC(=O)c2cc(-n3cccn3)cc(-c3ccccc3)n2)CC1. The van der Waals surface area contributed by atoms with E-state index in [0.717, 1.165) is 5.56 Å². The van der Waals surface area contributed by atoms with Crippen LogP contribution >= 0.6 is 0 Å². The Bertz CT molecular complexity index is 1430. The second kappa shape index (κ2) is 14.6. The molecule has 0 spiro atoms. The lowest BCUT2D eigenvalue weighted by molar-refractivity contribution is -0.158. The third kappa shape index (κ3) is 9.11. The lowest BCUT2D eigenvalue weighted by Crippen LogP contribution is -2.55. The van der Waals surface area contributed by atoms with E-state index in [-0.39, 0.29) is 57.2 Å². The van der Waals surface area contributed by atoms with Crippen molar-refractivity contribution in [3.63, 3.8) is 0 Å². The van der Waals surface area contributed by atoms with E-state index in [4.69, 9.17) is 14.3 Å². The normalized spacial score (nSPS) is 14.4. The van der Waals surface area contributed by atoms with Gasteiger partial charge in [-0.2, -0.15) is 5.10 Å². The number of benzene rings is 1. The van der Waals surface area contributed by atoms with Gasteiger partial charge in [0.05, 0.1) is 31.1 Å². The van der Waals surface area contributed by atoms with E-state index in [1.54, 1.807) is 61.8 Å². The summed E-state index contributed by atoms with van der Waals surface area (Å²) >= 11 is 0. The van der Waals surface area contributed by atoms with Crippen LogP contribution in [0.3, 0.4) is 0 Å². The quantitative estimate of drug-likeness (QED) is 0.341. The number of carbonyl (C=O) groups excluding carboxylic acids is 4. The van der Waals surface area contributed by atoms with Gasteiger partial charge in [0.1, 0.15) is 17.3 Å². The van der Waals surface area contributed by atoms with Crippen LogP contribution in [0.4, 0.5) is 4.79 Å². The maximum absolute atomic E-state index is 13.7. The average Bonchev–Trinajstić information content (AvgIpc) is 3.54. The third-order valence-electron chi connectivity index (χ3n) is 6.56. The minimum Gasteiger partial charge on any atom is -0.460 e. The Hall–Kier alpha value is -4.78. The maximum atomic E-state index is 13.7. The Kier molecular flexibility index (Phi) is 10.7. The summed E-state index contributed by atoms with van der Waals surface area (Å²) in [4.78, 5) is 62.9. The highest BCUT2D eigenvalue weighted by molar-refractivity contribution is 5.97. The first kappa shape index (κ1) is 32.1. The molecule has 1 saturated heterocycles. The summed E-state index contributed by atoms with van der Waals surface area (Å²) in [6, 6.07) is 13.6. The van der Waals surface area contributed by atoms with Crippen molar-refractivity contribution in [2.24, 2.45) is 0 Å². The van der Waals surface area contributed by atoms with E-state index in [1.807, 2.05) is 36.4 Å². The van der Waals surface area contributed by atoms with Gasteiger partial charge in [-0.05, 0) is 52.3 Å². The number of aromatic nitrogens is 3. The molecule has 1 N–H and O–H groups in total. The molecular formula is C31H38N6O7. The van der Waals surface area contributed by atoms with Crippen LogP contribution < -0.4 is 5.32 Å². The van der Waals surface area contributed by atoms with Crippen LogP contribution in [0, 0.1) is 0 Å². The van der Waals surface area contributed by atoms with Crippen molar-refractivity contribution in [1.82, 2.24) is 30.0 Å². The lowest BCUT2D eigenvalue weighted by atomic mass is 10.1. The summed E-state index contributed by atoms with van der Waals surface area (Å²) in [6.45, 7) is 8.13. The van der Waals surface area contributed by atoms with Crippen molar-refractivity contribution in [2.45, 2.75) is 52.2 Å². The van der Waals surface area contributed by atoms with Crippen LogP contribution in [0.25, 0.3) is 16.9 Å². The lowest BCUT2D eigenvalue weighted by Gasteiger charge is -2.35. The summed E-state index contributed by atoms with van der Waals surface area (Å²) in [5, 5.41) is 8.52. The summed E-state index contributed by atoms with van der Waals surface area (Å²) in [5.74, 6) is -1.44. The van der Waals surface area contributed by atoms with Gasteiger partial charge < -0.3 is 24.5 Å². The molecule has 1 fully saturated rings. The molecular weight excluding hydrogens is 568 g/mol. The number of piperazine rings is 1. The number of nitrogens with one attached hydrogen (secondary N) is 1. The van der Waals surface area contributed by atoms with Crippen LogP contribution in [0.15, 0.2) is 60.9 Å². The number of ether oxygens (including phenoxy) is 2. The van der Waals surface area contributed by atoms with E-state index in [2.05, 4.69) is 15.4 Å². The highest BCUT2D eigenvalue weighted by Crippen LogP contribution is 2.21. The number of hydrogen-bond acceptors (Lipinski definition) is 10. The Morgan fingerprint density at radius 2 is 1.73 bits per heavy atom. The Labute approximate surface area is 256 Å². The van der Waals surface area contributed by atoms with E-state index >= 15 is 0 Å². The van der Waals surface area contributed by atoms with Gasteiger partial charge in [-0.1, -0.05) is 30.3 Å². The van der Waals surface area contributed by atoms with Crippen LogP contribution in [0.2, 0.25) is 0 Å². The highest BCUT2D eigenvalue weighted by atomic mass is 16.8. The predicted molar refractivity (Wildman–Crippen MR) is 159 cm³/mol. The van der Waals surface area contributed by atoms with Gasteiger partial charge in [-0.25, -0.2) is 14.5 Å².